The van der Waals surface area contributed by atoms with Gasteiger partial charge in [-0.15, -0.1) is 0 Å². The molecule has 0 saturated carbocycles. The monoisotopic (exact) mass is 264 g/mol. The molecule has 1 aromatic rings. The van der Waals surface area contributed by atoms with Crippen molar-refractivity contribution in [1.82, 2.24) is 0 Å². The van der Waals surface area contributed by atoms with Gasteiger partial charge in [0.05, 0.1) is 18.4 Å². The van der Waals surface area contributed by atoms with Crippen LogP contribution >= 0.6 is 0 Å². The molecular weight excluding hydrogens is 247 g/mol. The number of rotatable bonds is 7. The number of hydrogen-bond donors (Lipinski definition) is 1. The molecule has 0 bridgehead atoms. The van der Waals surface area contributed by atoms with Crippen molar-refractivity contribution in [2.75, 3.05) is 19.0 Å². The van der Waals surface area contributed by atoms with E-state index in [1.54, 1.807) is 6.07 Å². The van der Waals surface area contributed by atoms with Crippen molar-refractivity contribution in [3.63, 3.8) is 0 Å². The van der Waals surface area contributed by atoms with Crippen LogP contribution in [0.4, 0.5) is 10.1 Å². The normalized spacial score (nSPS) is 9.74. The summed E-state index contributed by atoms with van der Waals surface area (Å²) in [7, 11) is 1.38. The SMILES string of the molecule is COC(=O)CCCCCNc1ccc(F)cc1C#N. The Bertz CT molecular complexity index is 469. The summed E-state index contributed by atoms with van der Waals surface area (Å²) >= 11 is 0. The quantitative estimate of drug-likeness (QED) is 0.607. The highest BCUT2D eigenvalue weighted by Crippen LogP contribution is 2.16. The number of anilines is 1. The number of halogens is 1. The average Bonchev–Trinajstić information content (AvgIpc) is 2.43. The zero-order valence-corrected chi connectivity index (χ0v) is 10.9. The molecular formula is C14H17FN2O2. The molecule has 1 N–H and O–H groups in total. The summed E-state index contributed by atoms with van der Waals surface area (Å²) in [5.74, 6) is -0.613. The van der Waals surface area contributed by atoms with Crippen LogP contribution in [-0.4, -0.2) is 19.6 Å². The average molecular weight is 264 g/mol. The van der Waals surface area contributed by atoms with Gasteiger partial charge >= 0.3 is 5.97 Å². The Hall–Kier alpha value is -2.09. The van der Waals surface area contributed by atoms with E-state index < -0.39 is 5.82 Å². The largest absolute Gasteiger partial charge is 0.469 e. The summed E-state index contributed by atoms with van der Waals surface area (Å²) in [6.45, 7) is 0.682. The highest BCUT2D eigenvalue weighted by molar-refractivity contribution is 5.68. The number of ether oxygens (including phenoxy) is 1. The molecule has 0 aliphatic carbocycles. The van der Waals surface area contributed by atoms with Crippen molar-refractivity contribution in [1.29, 1.82) is 5.26 Å². The highest BCUT2D eigenvalue weighted by atomic mass is 19.1. The standard InChI is InChI=1S/C14H17FN2O2/c1-19-14(18)5-3-2-4-8-17-13-7-6-12(15)9-11(13)10-16/h6-7,9,17H,2-5,8H2,1H3. The Morgan fingerprint density at radius 3 is 2.89 bits per heavy atom. The Kier molecular flexibility index (Phi) is 6.37. The summed E-state index contributed by atoms with van der Waals surface area (Å²) in [4.78, 5) is 10.9. The summed E-state index contributed by atoms with van der Waals surface area (Å²) in [5, 5.41) is 12.0. The summed E-state index contributed by atoms with van der Waals surface area (Å²) < 4.78 is 17.5. The molecule has 0 atom stereocenters. The molecule has 0 fully saturated rings. The number of carbonyl (C=O) groups is 1. The third-order valence-electron chi connectivity index (χ3n) is 2.70. The summed E-state index contributed by atoms with van der Waals surface area (Å²) in [5.41, 5.74) is 0.937. The van der Waals surface area contributed by atoms with E-state index in [0.29, 0.717) is 24.2 Å². The predicted molar refractivity (Wildman–Crippen MR) is 70.1 cm³/mol. The second-order valence-electron chi connectivity index (χ2n) is 4.12. The van der Waals surface area contributed by atoms with Crippen molar-refractivity contribution in [2.24, 2.45) is 0 Å². The molecule has 1 aromatic carbocycles. The van der Waals surface area contributed by atoms with Gasteiger partial charge in [-0.2, -0.15) is 5.26 Å². The number of methoxy groups -OCH3 is 1. The van der Waals surface area contributed by atoms with E-state index in [2.05, 4.69) is 10.1 Å². The Balaban J connectivity index is 2.27. The van der Waals surface area contributed by atoms with E-state index >= 15 is 0 Å². The van der Waals surface area contributed by atoms with E-state index in [1.807, 2.05) is 6.07 Å². The first-order valence-corrected chi connectivity index (χ1v) is 6.17. The van der Waals surface area contributed by atoms with E-state index in [9.17, 15) is 9.18 Å². The van der Waals surface area contributed by atoms with Crippen LogP contribution in [0.2, 0.25) is 0 Å². The Labute approximate surface area is 112 Å². The van der Waals surface area contributed by atoms with Crippen LogP contribution < -0.4 is 5.32 Å². The fourth-order valence-electron chi connectivity index (χ4n) is 1.66. The first-order valence-electron chi connectivity index (χ1n) is 6.17. The van der Waals surface area contributed by atoms with Gasteiger partial charge in [0.1, 0.15) is 11.9 Å². The number of hydrogen-bond acceptors (Lipinski definition) is 4. The lowest BCUT2D eigenvalue weighted by atomic mass is 10.1. The molecule has 0 amide bonds. The van der Waals surface area contributed by atoms with Crippen LogP contribution in [0.3, 0.4) is 0 Å². The van der Waals surface area contributed by atoms with Gasteiger partial charge < -0.3 is 10.1 Å². The molecule has 0 unspecified atom stereocenters. The third-order valence-corrected chi connectivity index (χ3v) is 2.70. The van der Waals surface area contributed by atoms with Crippen molar-refractivity contribution in [3.8, 4) is 6.07 Å². The van der Waals surface area contributed by atoms with Gasteiger partial charge in [-0.1, -0.05) is 6.42 Å². The van der Waals surface area contributed by atoms with Crippen molar-refractivity contribution < 1.29 is 13.9 Å². The molecule has 1 rings (SSSR count). The smallest absolute Gasteiger partial charge is 0.305 e. The van der Waals surface area contributed by atoms with Crippen LogP contribution in [0.1, 0.15) is 31.2 Å². The van der Waals surface area contributed by atoms with Crippen molar-refractivity contribution in [3.05, 3.63) is 29.6 Å². The van der Waals surface area contributed by atoms with Crippen LogP contribution in [-0.2, 0) is 9.53 Å². The molecule has 102 valence electrons. The lowest BCUT2D eigenvalue weighted by molar-refractivity contribution is -0.140. The number of nitrogens with zero attached hydrogens (tertiary/aromatic N) is 1. The lowest BCUT2D eigenvalue weighted by Gasteiger charge is -2.07. The number of carbonyl (C=O) groups excluding carboxylic acids is 1. The fraction of sp³-hybridized carbons (Fsp3) is 0.429. The Morgan fingerprint density at radius 2 is 2.21 bits per heavy atom. The number of benzene rings is 1. The van der Waals surface area contributed by atoms with Crippen LogP contribution in [0, 0.1) is 17.1 Å². The zero-order valence-electron chi connectivity index (χ0n) is 10.9. The highest BCUT2D eigenvalue weighted by Gasteiger charge is 2.03. The minimum absolute atomic E-state index is 0.196. The first-order chi connectivity index (χ1) is 9.17. The van der Waals surface area contributed by atoms with E-state index in [-0.39, 0.29) is 5.97 Å². The molecule has 5 heteroatoms. The van der Waals surface area contributed by atoms with Crippen molar-refractivity contribution in [2.45, 2.75) is 25.7 Å². The predicted octanol–water partition coefficient (Wildman–Crippen LogP) is 2.84. The van der Waals surface area contributed by atoms with Crippen LogP contribution in [0.5, 0.6) is 0 Å². The maximum atomic E-state index is 12.9. The zero-order chi connectivity index (χ0) is 14.1. The van der Waals surface area contributed by atoms with Gasteiger partial charge in [-0.05, 0) is 31.0 Å². The minimum Gasteiger partial charge on any atom is -0.469 e. The lowest BCUT2D eigenvalue weighted by Crippen LogP contribution is -2.04. The van der Waals surface area contributed by atoms with E-state index in [4.69, 9.17) is 5.26 Å². The van der Waals surface area contributed by atoms with Gasteiger partial charge in [0.25, 0.3) is 0 Å². The molecule has 0 aliphatic rings. The molecule has 0 radical (unpaired) electrons. The summed E-state index contributed by atoms with van der Waals surface area (Å²) in [6.07, 6.45) is 2.98. The molecule has 0 spiro atoms. The molecule has 19 heavy (non-hydrogen) atoms. The molecule has 0 saturated heterocycles. The van der Waals surface area contributed by atoms with E-state index in [1.165, 1.54) is 19.2 Å². The topological polar surface area (TPSA) is 62.1 Å². The van der Waals surface area contributed by atoms with E-state index in [0.717, 1.165) is 19.3 Å². The van der Waals surface area contributed by atoms with Crippen LogP contribution in [0.25, 0.3) is 0 Å². The molecule has 0 aliphatic heterocycles. The third kappa shape index (κ3) is 5.38. The first kappa shape index (κ1) is 15.0. The summed E-state index contributed by atoms with van der Waals surface area (Å²) in [6, 6.07) is 6.03. The van der Waals surface area contributed by atoms with Crippen LogP contribution in [0.15, 0.2) is 18.2 Å². The number of esters is 1. The van der Waals surface area contributed by atoms with Gasteiger partial charge in [0.15, 0.2) is 0 Å². The maximum absolute atomic E-state index is 12.9. The van der Waals surface area contributed by atoms with Gasteiger partial charge in [0.2, 0.25) is 0 Å². The Morgan fingerprint density at radius 1 is 1.42 bits per heavy atom. The number of unbranched alkanes of at least 4 members (excludes halogenated alkanes) is 2. The molecule has 0 aromatic heterocycles. The number of nitrogens with one attached hydrogen (secondary N) is 1. The second-order valence-corrected chi connectivity index (χ2v) is 4.12. The minimum atomic E-state index is -0.417. The number of nitriles is 1. The van der Waals surface area contributed by atoms with Gasteiger partial charge in [-0.25, -0.2) is 4.39 Å². The fourth-order valence-corrected chi connectivity index (χ4v) is 1.66. The van der Waals surface area contributed by atoms with Crippen molar-refractivity contribution >= 4 is 11.7 Å². The van der Waals surface area contributed by atoms with Gasteiger partial charge in [-0.3, -0.25) is 4.79 Å². The second kappa shape index (κ2) is 8.09. The van der Waals surface area contributed by atoms with Gasteiger partial charge in [0, 0.05) is 13.0 Å². The molecule has 4 nitrogen and oxygen atoms in total. The molecule has 0 heterocycles. The maximum Gasteiger partial charge on any atom is 0.305 e.